The molecule has 0 spiro atoms. The second-order valence-corrected chi connectivity index (χ2v) is 6.83. The summed E-state index contributed by atoms with van der Waals surface area (Å²) in [7, 11) is 1.92. The molecule has 0 saturated heterocycles. The predicted octanol–water partition coefficient (Wildman–Crippen LogP) is 2.74. The Bertz CT molecular complexity index is 673. The maximum atomic E-state index is 12.4. The van der Waals surface area contributed by atoms with E-state index >= 15 is 0 Å². The van der Waals surface area contributed by atoms with Gasteiger partial charge in [-0.3, -0.25) is 9.69 Å². The molecule has 1 aromatic heterocycles. The number of nitrogens with zero attached hydrogens (tertiary/aromatic N) is 4. The molecular weight excluding hydrogens is 308 g/mol. The minimum Gasteiger partial charge on any atom is -0.341 e. The fourth-order valence-electron chi connectivity index (χ4n) is 2.38. The van der Waals surface area contributed by atoms with Crippen molar-refractivity contribution in [2.45, 2.75) is 20.4 Å². The average molecular weight is 330 g/mol. The third-order valence-corrected chi connectivity index (χ3v) is 4.62. The van der Waals surface area contributed by atoms with Crippen LogP contribution in [0.5, 0.6) is 0 Å². The molecule has 1 unspecified atom stereocenters. The zero-order chi connectivity index (χ0) is 16.8. The molecule has 0 bridgehead atoms. The van der Waals surface area contributed by atoms with Crippen molar-refractivity contribution in [2.24, 2.45) is 5.92 Å². The number of likely N-dealkylation sites (N-methyl/N-ethyl adjacent to an activating group) is 2. The smallest absolute Gasteiger partial charge is 0.236 e. The molecule has 5 nitrogen and oxygen atoms in total. The Morgan fingerprint density at radius 1 is 1.43 bits per heavy atom. The quantitative estimate of drug-likeness (QED) is 0.783. The number of amides is 1. The van der Waals surface area contributed by atoms with Gasteiger partial charge in [-0.05, 0) is 33.0 Å². The lowest BCUT2D eigenvalue weighted by atomic mass is 10.2. The van der Waals surface area contributed by atoms with E-state index in [-0.39, 0.29) is 11.8 Å². The summed E-state index contributed by atoms with van der Waals surface area (Å²) < 4.78 is 1.17. The molecule has 6 heteroatoms. The highest BCUT2D eigenvalue weighted by atomic mass is 32.1. The van der Waals surface area contributed by atoms with Crippen molar-refractivity contribution < 1.29 is 4.79 Å². The summed E-state index contributed by atoms with van der Waals surface area (Å²) in [6.07, 6.45) is 0. The van der Waals surface area contributed by atoms with Crippen LogP contribution in [0.4, 0.5) is 0 Å². The third kappa shape index (κ3) is 4.75. The lowest BCUT2D eigenvalue weighted by Gasteiger charge is -2.24. The number of nitriles is 1. The van der Waals surface area contributed by atoms with Gasteiger partial charge >= 0.3 is 0 Å². The fraction of sp³-hybridized carbons (Fsp3) is 0.471. The first-order valence-electron chi connectivity index (χ1n) is 7.73. The molecule has 1 amide bonds. The van der Waals surface area contributed by atoms with E-state index in [0.717, 1.165) is 10.5 Å². The highest BCUT2D eigenvalue weighted by Gasteiger charge is 2.17. The number of thiazole rings is 1. The van der Waals surface area contributed by atoms with Gasteiger partial charge < -0.3 is 4.90 Å². The van der Waals surface area contributed by atoms with Crippen molar-refractivity contribution in [2.75, 3.05) is 26.7 Å². The highest BCUT2D eigenvalue weighted by Crippen LogP contribution is 2.22. The molecule has 0 radical (unpaired) electrons. The van der Waals surface area contributed by atoms with Crippen molar-refractivity contribution in [1.29, 1.82) is 5.26 Å². The van der Waals surface area contributed by atoms with E-state index in [1.54, 1.807) is 16.2 Å². The second-order valence-electron chi connectivity index (χ2n) is 5.71. The van der Waals surface area contributed by atoms with Crippen molar-refractivity contribution in [3.05, 3.63) is 29.3 Å². The molecule has 122 valence electrons. The predicted molar refractivity (Wildman–Crippen MR) is 93.0 cm³/mol. The second kappa shape index (κ2) is 8.04. The van der Waals surface area contributed by atoms with E-state index in [0.29, 0.717) is 26.2 Å². The zero-order valence-electron chi connectivity index (χ0n) is 13.8. The molecule has 1 atom stereocenters. The van der Waals surface area contributed by atoms with E-state index in [2.05, 4.69) is 17.1 Å². The molecule has 2 rings (SSSR count). The Labute approximate surface area is 141 Å². The Balaban J connectivity index is 1.93. The molecule has 0 fully saturated rings. The van der Waals surface area contributed by atoms with Crippen LogP contribution in [0.15, 0.2) is 24.3 Å². The number of rotatable bonds is 7. The normalized spacial score (nSPS) is 12.3. The van der Waals surface area contributed by atoms with Gasteiger partial charge in [0.05, 0.1) is 35.3 Å². The monoisotopic (exact) mass is 330 g/mol. The van der Waals surface area contributed by atoms with Gasteiger partial charge in [0.1, 0.15) is 5.01 Å². The number of benzene rings is 1. The Morgan fingerprint density at radius 3 is 2.83 bits per heavy atom. The van der Waals surface area contributed by atoms with E-state index in [4.69, 9.17) is 5.26 Å². The molecule has 0 aliphatic rings. The van der Waals surface area contributed by atoms with Crippen LogP contribution < -0.4 is 0 Å². The van der Waals surface area contributed by atoms with Crippen LogP contribution in [0, 0.1) is 17.2 Å². The molecule has 1 aromatic carbocycles. The maximum Gasteiger partial charge on any atom is 0.236 e. The van der Waals surface area contributed by atoms with Crippen LogP contribution in [0.25, 0.3) is 10.2 Å². The highest BCUT2D eigenvalue weighted by molar-refractivity contribution is 7.18. The fourth-order valence-corrected chi connectivity index (χ4v) is 3.43. The van der Waals surface area contributed by atoms with Gasteiger partial charge in [-0.15, -0.1) is 11.3 Å². The summed E-state index contributed by atoms with van der Waals surface area (Å²) in [5.74, 6) is -0.0910. The molecule has 2 aromatic rings. The number of carbonyl (C=O) groups excluding carboxylic acids is 1. The van der Waals surface area contributed by atoms with Crippen molar-refractivity contribution in [3.8, 4) is 6.07 Å². The summed E-state index contributed by atoms with van der Waals surface area (Å²) in [6.45, 7) is 5.87. The largest absolute Gasteiger partial charge is 0.341 e. The van der Waals surface area contributed by atoms with E-state index in [9.17, 15) is 4.79 Å². The van der Waals surface area contributed by atoms with E-state index in [1.807, 2.05) is 44.0 Å². The van der Waals surface area contributed by atoms with Gasteiger partial charge in [0.15, 0.2) is 0 Å². The van der Waals surface area contributed by atoms with Crippen LogP contribution in [0.1, 0.15) is 18.9 Å². The van der Waals surface area contributed by atoms with Crippen LogP contribution in [-0.2, 0) is 11.3 Å². The Hall–Kier alpha value is -1.97. The molecule has 23 heavy (non-hydrogen) atoms. The van der Waals surface area contributed by atoms with Crippen LogP contribution in [0.3, 0.4) is 0 Å². The summed E-state index contributed by atoms with van der Waals surface area (Å²) in [5.41, 5.74) is 1.00. The summed E-state index contributed by atoms with van der Waals surface area (Å²) in [5, 5.41) is 9.91. The molecular formula is C17H22N4OS. The number of carbonyl (C=O) groups is 1. The summed E-state index contributed by atoms with van der Waals surface area (Å²) >= 11 is 1.66. The van der Waals surface area contributed by atoms with Gasteiger partial charge in [0.25, 0.3) is 0 Å². The van der Waals surface area contributed by atoms with Crippen LogP contribution >= 0.6 is 11.3 Å². The van der Waals surface area contributed by atoms with Gasteiger partial charge in [-0.1, -0.05) is 12.1 Å². The molecule has 0 aliphatic carbocycles. The molecule has 0 N–H and O–H groups in total. The zero-order valence-corrected chi connectivity index (χ0v) is 14.6. The van der Waals surface area contributed by atoms with Crippen LogP contribution in [-0.4, -0.2) is 47.4 Å². The molecule has 0 saturated carbocycles. The van der Waals surface area contributed by atoms with Crippen molar-refractivity contribution in [1.82, 2.24) is 14.8 Å². The summed E-state index contributed by atoms with van der Waals surface area (Å²) in [6, 6.07) is 10.2. The minimum absolute atomic E-state index is 0.0539. The average Bonchev–Trinajstić information content (AvgIpc) is 2.93. The maximum absolute atomic E-state index is 12.4. The van der Waals surface area contributed by atoms with Crippen LogP contribution in [0.2, 0.25) is 0 Å². The van der Waals surface area contributed by atoms with Gasteiger partial charge in [0, 0.05) is 13.1 Å². The van der Waals surface area contributed by atoms with Gasteiger partial charge in [-0.25, -0.2) is 4.98 Å². The number of fused-ring (bicyclic) bond motifs is 1. The Morgan fingerprint density at radius 2 is 2.17 bits per heavy atom. The van der Waals surface area contributed by atoms with Crippen molar-refractivity contribution >= 4 is 27.5 Å². The summed E-state index contributed by atoms with van der Waals surface area (Å²) in [4.78, 5) is 20.7. The number of para-hydroxylation sites is 1. The van der Waals surface area contributed by atoms with E-state index in [1.165, 1.54) is 4.70 Å². The Kier molecular flexibility index (Phi) is 6.08. The first-order chi connectivity index (χ1) is 11.0. The minimum atomic E-state index is -0.145. The molecule has 0 aliphatic heterocycles. The standard InChI is InChI=1S/C17H22N4OS/c1-4-21(10-13(2)9-18)17(22)12-20(3)11-16-19-14-7-5-6-8-15(14)23-16/h5-8,13H,4,10-12H2,1-3H3. The van der Waals surface area contributed by atoms with Gasteiger partial charge in [-0.2, -0.15) is 5.26 Å². The number of aromatic nitrogens is 1. The molecule has 1 heterocycles. The first-order valence-corrected chi connectivity index (χ1v) is 8.55. The van der Waals surface area contributed by atoms with Gasteiger partial charge in [0.2, 0.25) is 5.91 Å². The lowest BCUT2D eigenvalue weighted by molar-refractivity contribution is -0.132. The number of hydrogen-bond acceptors (Lipinski definition) is 5. The number of hydrogen-bond donors (Lipinski definition) is 0. The SMILES string of the molecule is CCN(CC(C)C#N)C(=O)CN(C)Cc1nc2ccccc2s1. The third-order valence-electron chi connectivity index (χ3n) is 3.60. The first kappa shape index (κ1) is 17.4. The van der Waals surface area contributed by atoms with Crippen molar-refractivity contribution in [3.63, 3.8) is 0 Å². The van der Waals surface area contributed by atoms with E-state index < -0.39 is 0 Å². The topological polar surface area (TPSA) is 60.2 Å². The lowest BCUT2D eigenvalue weighted by Crippen LogP contribution is -2.40.